The molecule has 8 heteroatoms. The van der Waals surface area contributed by atoms with Gasteiger partial charge in [0.15, 0.2) is 5.76 Å². The van der Waals surface area contributed by atoms with Crippen LogP contribution in [0.3, 0.4) is 0 Å². The fourth-order valence-corrected chi connectivity index (χ4v) is 3.82. The van der Waals surface area contributed by atoms with Crippen molar-refractivity contribution in [2.45, 2.75) is 13.8 Å². The molecule has 174 valence electrons. The van der Waals surface area contributed by atoms with Crippen molar-refractivity contribution in [2.24, 2.45) is 0 Å². The standard InChI is InChI=1S/C27H20FN3O4/c1-14-11-19(22(32)12-15(14)2)20-13-21(31-30-20)27(34)29-24-18-5-3-4-6-23(18)35-26(24)25(33)16-7-9-17(28)10-8-16/h3-13,32H,1-2H3,(H,29,34)(H,30,31). The number of hydrogen-bond acceptors (Lipinski definition) is 5. The lowest BCUT2D eigenvalue weighted by atomic mass is 10.0. The number of amides is 1. The van der Waals surface area contributed by atoms with Gasteiger partial charge in [-0.3, -0.25) is 14.7 Å². The fourth-order valence-electron chi connectivity index (χ4n) is 3.82. The SMILES string of the molecule is Cc1cc(O)c(-c2cc(C(=O)Nc3c(C(=O)c4ccc(F)cc4)oc4ccccc34)[nH]n2)cc1C. The molecule has 0 aliphatic heterocycles. The number of carbonyl (C=O) groups excluding carboxylic acids is 2. The number of aromatic nitrogens is 2. The second kappa shape index (κ2) is 8.57. The molecular weight excluding hydrogens is 449 g/mol. The maximum absolute atomic E-state index is 13.3. The Labute approximate surface area is 199 Å². The Bertz CT molecular complexity index is 1600. The molecule has 0 aliphatic rings. The number of benzene rings is 3. The lowest BCUT2D eigenvalue weighted by Gasteiger charge is -2.06. The van der Waals surface area contributed by atoms with E-state index >= 15 is 0 Å². The summed E-state index contributed by atoms with van der Waals surface area (Å²) in [6, 6.07) is 17.0. The monoisotopic (exact) mass is 469 g/mol. The Morgan fingerprint density at radius 3 is 2.49 bits per heavy atom. The highest BCUT2D eigenvalue weighted by molar-refractivity contribution is 6.18. The number of phenols is 1. The molecule has 0 radical (unpaired) electrons. The number of hydrogen-bond donors (Lipinski definition) is 3. The van der Waals surface area contributed by atoms with Crippen LogP contribution in [-0.2, 0) is 0 Å². The summed E-state index contributed by atoms with van der Waals surface area (Å²) in [6.45, 7) is 3.81. The highest BCUT2D eigenvalue weighted by Gasteiger charge is 2.24. The van der Waals surface area contributed by atoms with Gasteiger partial charge in [0.05, 0.1) is 11.4 Å². The molecule has 35 heavy (non-hydrogen) atoms. The summed E-state index contributed by atoms with van der Waals surface area (Å²) in [5.41, 5.74) is 3.76. The topological polar surface area (TPSA) is 108 Å². The molecule has 0 saturated heterocycles. The highest BCUT2D eigenvalue weighted by atomic mass is 19.1. The predicted octanol–water partition coefficient (Wildman–Crippen LogP) is 5.77. The molecule has 3 aromatic carbocycles. The van der Waals surface area contributed by atoms with Gasteiger partial charge in [0, 0.05) is 16.5 Å². The van der Waals surface area contributed by atoms with Crippen molar-refractivity contribution < 1.29 is 23.5 Å². The second-order valence-electron chi connectivity index (χ2n) is 8.21. The number of nitrogens with one attached hydrogen (secondary N) is 2. The zero-order chi connectivity index (χ0) is 24.7. The molecule has 7 nitrogen and oxygen atoms in total. The predicted molar refractivity (Wildman–Crippen MR) is 129 cm³/mol. The molecule has 5 aromatic rings. The van der Waals surface area contributed by atoms with E-state index in [2.05, 4.69) is 15.5 Å². The highest BCUT2D eigenvalue weighted by Crippen LogP contribution is 2.34. The third-order valence-corrected chi connectivity index (χ3v) is 5.86. The third kappa shape index (κ3) is 4.06. The van der Waals surface area contributed by atoms with E-state index in [-0.39, 0.29) is 28.5 Å². The molecule has 0 saturated carbocycles. The number of aromatic amines is 1. The first kappa shape index (κ1) is 22.1. The summed E-state index contributed by atoms with van der Waals surface area (Å²) >= 11 is 0. The number of nitrogens with zero attached hydrogens (tertiary/aromatic N) is 1. The first-order valence-electron chi connectivity index (χ1n) is 10.8. The lowest BCUT2D eigenvalue weighted by molar-refractivity contribution is 0.101. The number of aromatic hydroxyl groups is 1. The van der Waals surface area contributed by atoms with Crippen molar-refractivity contribution in [3.8, 4) is 17.0 Å². The maximum Gasteiger partial charge on any atom is 0.273 e. The first-order chi connectivity index (χ1) is 16.8. The molecule has 2 aromatic heterocycles. The summed E-state index contributed by atoms with van der Waals surface area (Å²) in [5, 5.41) is 20.5. The van der Waals surface area contributed by atoms with Gasteiger partial charge in [0.1, 0.15) is 22.8 Å². The average Bonchev–Trinajstić information content (AvgIpc) is 3.47. The minimum Gasteiger partial charge on any atom is -0.507 e. The zero-order valence-electron chi connectivity index (χ0n) is 18.8. The van der Waals surface area contributed by atoms with Crippen molar-refractivity contribution in [2.75, 3.05) is 5.32 Å². The van der Waals surface area contributed by atoms with Gasteiger partial charge in [0.25, 0.3) is 5.91 Å². The Hall–Kier alpha value is -4.72. The van der Waals surface area contributed by atoms with Crippen LogP contribution in [0, 0.1) is 19.7 Å². The van der Waals surface area contributed by atoms with E-state index in [0.29, 0.717) is 22.2 Å². The smallest absolute Gasteiger partial charge is 0.273 e. The lowest BCUT2D eigenvalue weighted by Crippen LogP contribution is -2.14. The minimum atomic E-state index is -0.549. The van der Waals surface area contributed by atoms with E-state index in [9.17, 15) is 19.1 Å². The van der Waals surface area contributed by atoms with Crippen molar-refractivity contribution >= 4 is 28.3 Å². The Morgan fingerprint density at radius 1 is 1.00 bits per heavy atom. The van der Waals surface area contributed by atoms with Gasteiger partial charge >= 0.3 is 0 Å². The van der Waals surface area contributed by atoms with Crippen LogP contribution < -0.4 is 5.32 Å². The van der Waals surface area contributed by atoms with Gasteiger partial charge in [-0.25, -0.2) is 4.39 Å². The summed E-state index contributed by atoms with van der Waals surface area (Å²) in [6.07, 6.45) is 0. The van der Waals surface area contributed by atoms with Crippen LogP contribution in [0.5, 0.6) is 5.75 Å². The molecule has 3 N–H and O–H groups in total. The minimum absolute atomic E-state index is 0.0552. The normalized spacial score (nSPS) is 11.1. The Balaban J connectivity index is 1.50. The molecule has 0 aliphatic carbocycles. The fraction of sp³-hybridized carbons (Fsp3) is 0.0741. The van der Waals surface area contributed by atoms with Gasteiger partial charge in [-0.05, 0) is 79.6 Å². The number of para-hydroxylation sites is 1. The molecule has 0 spiro atoms. The summed E-state index contributed by atoms with van der Waals surface area (Å²) in [7, 11) is 0. The number of rotatable bonds is 5. The van der Waals surface area contributed by atoms with E-state index in [4.69, 9.17) is 4.42 Å². The van der Waals surface area contributed by atoms with Crippen LogP contribution in [-0.4, -0.2) is 27.0 Å². The van der Waals surface area contributed by atoms with E-state index in [0.717, 1.165) is 11.1 Å². The maximum atomic E-state index is 13.3. The number of H-pyrrole nitrogens is 1. The third-order valence-electron chi connectivity index (χ3n) is 5.86. The van der Waals surface area contributed by atoms with Crippen LogP contribution in [0.15, 0.2) is 71.1 Å². The molecule has 0 fully saturated rings. The molecule has 0 bridgehead atoms. The van der Waals surface area contributed by atoms with Crippen molar-refractivity contribution in [3.63, 3.8) is 0 Å². The molecular formula is C27H20FN3O4. The first-order valence-corrected chi connectivity index (χ1v) is 10.8. The number of anilines is 1. The van der Waals surface area contributed by atoms with Gasteiger partial charge in [-0.15, -0.1) is 0 Å². The van der Waals surface area contributed by atoms with E-state index < -0.39 is 17.5 Å². The van der Waals surface area contributed by atoms with Crippen LogP contribution in [0.25, 0.3) is 22.2 Å². The summed E-state index contributed by atoms with van der Waals surface area (Å²) in [5.74, 6) is -1.53. The molecule has 0 unspecified atom stereocenters. The average molecular weight is 469 g/mol. The quantitative estimate of drug-likeness (QED) is 0.283. The van der Waals surface area contributed by atoms with E-state index in [1.165, 1.54) is 30.3 Å². The van der Waals surface area contributed by atoms with Crippen molar-refractivity contribution in [3.05, 3.63) is 101 Å². The number of furan rings is 1. The van der Waals surface area contributed by atoms with Crippen molar-refractivity contribution in [1.82, 2.24) is 10.2 Å². The van der Waals surface area contributed by atoms with Crippen LogP contribution in [0.1, 0.15) is 37.7 Å². The molecule has 2 heterocycles. The number of ketones is 1. The number of carbonyl (C=O) groups is 2. The van der Waals surface area contributed by atoms with Crippen molar-refractivity contribution in [1.29, 1.82) is 0 Å². The summed E-state index contributed by atoms with van der Waals surface area (Å²) < 4.78 is 19.1. The van der Waals surface area contributed by atoms with Crippen LogP contribution in [0.4, 0.5) is 10.1 Å². The Morgan fingerprint density at radius 2 is 1.71 bits per heavy atom. The molecule has 5 rings (SSSR count). The van der Waals surface area contributed by atoms with Crippen LogP contribution >= 0.6 is 0 Å². The second-order valence-corrected chi connectivity index (χ2v) is 8.21. The van der Waals surface area contributed by atoms with Gasteiger partial charge < -0.3 is 14.8 Å². The summed E-state index contributed by atoms with van der Waals surface area (Å²) in [4.78, 5) is 26.3. The largest absolute Gasteiger partial charge is 0.507 e. The number of aryl methyl sites for hydroxylation is 2. The molecule has 0 atom stereocenters. The number of halogens is 1. The van der Waals surface area contributed by atoms with E-state index in [1.807, 2.05) is 13.8 Å². The van der Waals surface area contributed by atoms with Gasteiger partial charge in [-0.2, -0.15) is 5.10 Å². The Kier molecular flexibility index (Phi) is 5.41. The van der Waals surface area contributed by atoms with Gasteiger partial charge in [0.2, 0.25) is 5.78 Å². The number of fused-ring (bicyclic) bond motifs is 1. The van der Waals surface area contributed by atoms with Crippen LogP contribution in [0.2, 0.25) is 0 Å². The molecule has 1 amide bonds. The van der Waals surface area contributed by atoms with Gasteiger partial charge in [-0.1, -0.05) is 12.1 Å². The zero-order valence-corrected chi connectivity index (χ0v) is 18.8. The van der Waals surface area contributed by atoms with E-state index in [1.54, 1.807) is 36.4 Å². The number of phenolic OH excluding ortho intramolecular Hbond substituents is 1.